The van der Waals surface area contributed by atoms with Crippen LogP contribution in [-0.4, -0.2) is 0 Å². The standard InChI is InChI=1S/C44H29NO/c1-2-12-32-27-33(22-21-30(32)11-1)31-23-25-36(26-24-31)45(42-28-34-13-3-5-15-37(34)38-16-6-7-17-39(38)42)41-19-9-8-18-40(41)44-29-35-14-4-10-20-43(35)46-44/h1-29H. The molecule has 0 aliphatic heterocycles. The molecule has 0 aliphatic carbocycles. The van der Waals surface area contributed by atoms with E-state index in [-0.39, 0.29) is 0 Å². The Morgan fingerprint density at radius 3 is 1.83 bits per heavy atom. The number of hydrogen-bond donors (Lipinski definition) is 0. The number of furan rings is 1. The molecule has 0 spiro atoms. The summed E-state index contributed by atoms with van der Waals surface area (Å²) in [5, 5.41) is 8.46. The maximum atomic E-state index is 6.46. The van der Waals surface area contributed by atoms with Crippen molar-refractivity contribution in [2.75, 3.05) is 4.90 Å². The summed E-state index contributed by atoms with van der Waals surface area (Å²) in [4.78, 5) is 2.39. The van der Waals surface area contributed by atoms with Gasteiger partial charge in [-0.15, -0.1) is 0 Å². The minimum atomic E-state index is 0.847. The predicted molar refractivity (Wildman–Crippen MR) is 194 cm³/mol. The van der Waals surface area contributed by atoms with Crippen LogP contribution in [0.2, 0.25) is 0 Å². The van der Waals surface area contributed by atoms with Gasteiger partial charge in [-0.2, -0.15) is 0 Å². The molecule has 0 fully saturated rings. The van der Waals surface area contributed by atoms with E-state index >= 15 is 0 Å². The van der Waals surface area contributed by atoms with E-state index in [9.17, 15) is 0 Å². The first-order valence-electron chi connectivity index (χ1n) is 15.7. The minimum absolute atomic E-state index is 0.847. The third kappa shape index (κ3) is 4.43. The molecule has 9 aromatic rings. The van der Waals surface area contributed by atoms with Crippen LogP contribution in [0.1, 0.15) is 0 Å². The van der Waals surface area contributed by atoms with Gasteiger partial charge >= 0.3 is 0 Å². The average Bonchev–Trinajstić information content (AvgIpc) is 3.57. The fourth-order valence-corrected chi connectivity index (χ4v) is 6.79. The van der Waals surface area contributed by atoms with Crippen LogP contribution in [-0.2, 0) is 0 Å². The molecule has 2 nitrogen and oxygen atoms in total. The van der Waals surface area contributed by atoms with Crippen molar-refractivity contribution >= 4 is 60.3 Å². The SMILES string of the molecule is c1ccc(N(c2ccc(-c3ccc4ccccc4c3)cc2)c2cc3ccccc3c3ccccc23)c(-c2cc3ccccc3o2)c1. The van der Waals surface area contributed by atoms with Crippen LogP contribution in [0.4, 0.5) is 17.1 Å². The van der Waals surface area contributed by atoms with Gasteiger partial charge in [-0.05, 0) is 86.6 Å². The monoisotopic (exact) mass is 587 g/mol. The number of para-hydroxylation sites is 2. The van der Waals surface area contributed by atoms with E-state index in [0.29, 0.717) is 0 Å². The lowest BCUT2D eigenvalue weighted by Crippen LogP contribution is -2.12. The Morgan fingerprint density at radius 1 is 0.370 bits per heavy atom. The molecule has 0 saturated carbocycles. The Hall–Kier alpha value is -6.12. The number of benzene rings is 8. The van der Waals surface area contributed by atoms with Crippen molar-refractivity contribution in [1.82, 2.24) is 0 Å². The van der Waals surface area contributed by atoms with Gasteiger partial charge in [0.05, 0.1) is 11.4 Å². The average molecular weight is 588 g/mol. The van der Waals surface area contributed by atoms with E-state index < -0.39 is 0 Å². The molecule has 216 valence electrons. The lowest BCUT2D eigenvalue weighted by molar-refractivity contribution is 0.631. The molecule has 46 heavy (non-hydrogen) atoms. The van der Waals surface area contributed by atoms with Gasteiger partial charge in [-0.1, -0.05) is 127 Å². The number of hydrogen-bond acceptors (Lipinski definition) is 2. The van der Waals surface area contributed by atoms with Crippen molar-refractivity contribution in [3.05, 3.63) is 176 Å². The topological polar surface area (TPSA) is 16.4 Å². The van der Waals surface area contributed by atoms with Gasteiger partial charge in [0.2, 0.25) is 0 Å². The Kier molecular flexibility index (Phi) is 6.17. The summed E-state index contributed by atoms with van der Waals surface area (Å²) in [5.74, 6) is 0.847. The Morgan fingerprint density at radius 2 is 1.00 bits per heavy atom. The van der Waals surface area contributed by atoms with Gasteiger partial charge in [0.25, 0.3) is 0 Å². The maximum absolute atomic E-state index is 6.46. The summed E-state index contributed by atoms with van der Waals surface area (Å²) in [6.07, 6.45) is 0. The van der Waals surface area contributed by atoms with Gasteiger partial charge in [0, 0.05) is 22.0 Å². The Balaban J connectivity index is 1.27. The summed E-state index contributed by atoms with van der Waals surface area (Å²) in [6, 6.07) is 62.8. The molecule has 1 aromatic heterocycles. The molecule has 0 aliphatic rings. The van der Waals surface area contributed by atoms with Crippen LogP contribution >= 0.6 is 0 Å². The lowest BCUT2D eigenvalue weighted by atomic mass is 9.97. The molecule has 9 rings (SSSR count). The molecule has 8 aromatic carbocycles. The second kappa shape index (κ2) is 10.8. The molecular formula is C44H29NO. The predicted octanol–water partition coefficient (Wildman–Crippen LogP) is 12.7. The second-order valence-electron chi connectivity index (χ2n) is 11.8. The molecule has 0 amide bonds. The van der Waals surface area contributed by atoms with E-state index in [1.807, 2.05) is 12.1 Å². The third-order valence-electron chi connectivity index (χ3n) is 9.03. The van der Waals surface area contributed by atoms with Gasteiger partial charge in [-0.3, -0.25) is 0 Å². The first kappa shape index (κ1) is 26.3. The lowest BCUT2D eigenvalue weighted by Gasteiger charge is -2.29. The summed E-state index contributed by atoms with van der Waals surface area (Å²) >= 11 is 0. The van der Waals surface area contributed by atoms with Crippen molar-refractivity contribution in [3.8, 4) is 22.5 Å². The number of nitrogens with zero attached hydrogens (tertiary/aromatic N) is 1. The highest BCUT2D eigenvalue weighted by Crippen LogP contribution is 2.46. The van der Waals surface area contributed by atoms with Gasteiger partial charge in [0.15, 0.2) is 0 Å². The van der Waals surface area contributed by atoms with Gasteiger partial charge in [-0.25, -0.2) is 0 Å². The quantitative estimate of drug-likeness (QED) is 0.186. The smallest absolute Gasteiger partial charge is 0.137 e. The second-order valence-corrected chi connectivity index (χ2v) is 11.8. The normalized spacial score (nSPS) is 11.5. The highest BCUT2D eigenvalue weighted by Gasteiger charge is 2.22. The molecule has 1 heterocycles. The van der Waals surface area contributed by atoms with Crippen molar-refractivity contribution in [2.24, 2.45) is 0 Å². The zero-order chi connectivity index (χ0) is 30.5. The molecule has 0 atom stereocenters. The van der Waals surface area contributed by atoms with E-state index in [4.69, 9.17) is 4.42 Å². The van der Waals surface area contributed by atoms with E-state index in [1.165, 1.54) is 43.4 Å². The van der Waals surface area contributed by atoms with Gasteiger partial charge in [0.1, 0.15) is 11.3 Å². The number of rotatable bonds is 5. The van der Waals surface area contributed by atoms with E-state index in [0.717, 1.165) is 39.4 Å². The van der Waals surface area contributed by atoms with E-state index in [1.54, 1.807) is 0 Å². The van der Waals surface area contributed by atoms with Crippen LogP contribution in [0.3, 0.4) is 0 Å². The number of anilines is 3. The Bertz CT molecular complexity index is 2510. The van der Waals surface area contributed by atoms with Crippen LogP contribution in [0.5, 0.6) is 0 Å². The molecule has 2 heteroatoms. The van der Waals surface area contributed by atoms with Crippen molar-refractivity contribution < 1.29 is 4.42 Å². The molecular weight excluding hydrogens is 558 g/mol. The summed E-state index contributed by atoms with van der Waals surface area (Å²) in [7, 11) is 0. The number of fused-ring (bicyclic) bond motifs is 5. The zero-order valence-electron chi connectivity index (χ0n) is 25.1. The van der Waals surface area contributed by atoms with Crippen molar-refractivity contribution in [1.29, 1.82) is 0 Å². The third-order valence-corrected chi connectivity index (χ3v) is 9.03. The van der Waals surface area contributed by atoms with Crippen molar-refractivity contribution in [3.63, 3.8) is 0 Å². The highest BCUT2D eigenvalue weighted by atomic mass is 16.3. The maximum Gasteiger partial charge on any atom is 0.137 e. The molecule has 0 unspecified atom stereocenters. The fourth-order valence-electron chi connectivity index (χ4n) is 6.79. The summed E-state index contributed by atoms with van der Waals surface area (Å²) in [6.45, 7) is 0. The largest absolute Gasteiger partial charge is 0.456 e. The molecule has 0 N–H and O–H groups in total. The van der Waals surface area contributed by atoms with Gasteiger partial charge < -0.3 is 9.32 Å². The van der Waals surface area contributed by atoms with Crippen LogP contribution in [0.25, 0.3) is 65.7 Å². The van der Waals surface area contributed by atoms with Crippen LogP contribution in [0, 0.1) is 0 Å². The molecule has 0 saturated heterocycles. The Labute approximate surface area is 267 Å². The minimum Gasteiger partial charge on any atom is -0.456 e. The molecule has 0 bridgehead atoms. The first-order valence-corrected chi connectivity index (χ1v) is 15.7. The summed E-state index contributed by atoms with van der Waals surface area (Å²) < 4.78 is 6.46. The highest BCUT2D eigenvalue weighted by molar-refractivity contribution is 6.15. The van der Waals surface area contributed by atoms with E-state index in [2.05, 4.69) is 169 Å². The molecule has 0 radical (unpaired) electrons. The first-order chi connectivity index (χ1) is 22.8. The van der Waals surface area contributed by atoms with Crippen LogP contribution in [0.15, 0.2) is 180 Å². The summed E-state index contributed by atoms with van der Waals surface area (Å²) in [5.41, 5.74) is 7.56. The van der Waals surface area contributed by atoms with Crippen LogP contribution < -0.4 is 4.90 Å². The fraction of sp³-hybridized carbons (Fsp3) is 0. The zero-order valence-corrected chi connectivity index (χ0v) is 25.1. The van der Waals surface area contributed by atoms with Crippen molar-refractivity contribution in [2.45, 2.75) is 0 Å².